The number of unbranched alkanes of at least 4 members (excludes halogenated alkanes) is 2. The van der Waals surface area contributed by atoms with Crippen LogP contribution in [0.25, 0.3) is 0 Å². The van der Waals surface area contributed by atoms with Crippen molar-refractivity contribution in [2.75, 3.05) is 27.2 Å². The first-order valence-electron chi connectivity index (χ1n) is 8.46. The van der Waals surface area contributed by atoms with Gasteiger partial charge in [0.05, 0.1) is 7.11 Å². The van der Waals surface area contributed by atoms with E-state index in [9.17, 15) is 4.79 Å². The molecular formula is C17H36N2O2. The molecule has 0 heterocycles. The third kappa shape index (κ3) is 7.28. The normalized spacial score (nSPS) is 15.8. The predicted octanol–water partition coefficient (Wildman–Crippen LogP) is 3.21. The molecule has 0 bridgehead atoms. The Labute approximate surface area is 131 Å². The van der Waals surface area contributed by atoms with Crippen molar-refractivity contribution in [2.24, 2.45) is 0 Å². The van der Waals surface area contributed by atoms with Crippen LogP contribution >= 0.6 is 0 Å². The van der Waals surface area contributed by atoms with E-state index in [1.807, 2.05) is 14.0 Å². The van der Waals surface area contributed by atoms with Crippen LogP contribution in [0, 0.1) is 0 Å². The van der Waals surface area contributed by atoms with Crippen LogP contribution in [0.2, 0.25) is 0 Å². The first-order valence-corrected chi connectivity index (χ1v) is 8.46. The van der Waals surface area contributed by atoms with Crippen LogP contribution in [0.1, 0.15) is 66.2 Å². The number of methoxy groups -OCH3 is 1. The van der Waals surface area contributed by atoms with E-state index in [1.54, 1.807) is 0 Å². The minimum atomic E-state index is -0.556. The maximum absolute atomic E-state index is 11.8. The molecule has 0 saturated carbocycles. The summed E-state index contributed by atoms with van der Waals surface area (Å²) in [6, 6.07) is 0.646. The second-order valence-corrected chi connectivity index (χ2v) is 6.18. The van der Waals surface area contributed by atoms with Gasteiger partial charge in [0.2, 0.25) is 0 Å². The molecule has 21 heavy (non-hydrogen) atoms. The van der Waals surface area contributed by atoms with Crippen molar-refractivity contribution in [3.8, 4) is 0 Å². The van der Waals surface area contributed by atoms with Crippen molar-refractivity contribution >= 4 is 5.97 Å². The average Bonchev–Trinajstić information content (AvgIpc) is 2.52. The number of likely N-dealkylation sites (N-methyl/N-ethyl adjacent to an activating group) is 1. The highest BCUT2D eigenvalue weighted by molar-refractivity contribution is 5.80. The van der Waals surface area contributed by atoms with E-state index in [4.69, 9.17) is 4.74 Å². The molecule has 0 aliphatic heterocycles. The van der Waals surface area contributed by atoms with E-state index in [2.05, 4.69) is 31.0 Å². The number of carbonyl (C=O) groups excluding carboxylic acids is 1. The Morgan fingerprint density at radius 1 is 1.24 bits per heavy atom. The Morgan fingerprint density at radius 2 is 1.86 bits per heavy atom. The van der Waals surface area contributed by atoms with Crippen LogP contribution in [-0.4, -0.2) is 49.7 Å². The second kappa shape index (κ2) is 11.0. The van der Waals surface area contributed by atoms with Crippen molar-refractivity contribution < 1.29 is 9.53 Å². The summed E-state index contributed by atoms with van der Waals surface area (Å²) < 4.78 is 4.88. The molecule has 0 amide bonds. The first-order chi connectivity index (χ1) is 9.95. The number of hydrogen-bond donors (Lipinski definition) is 1. The highest BCUT2D eigenvalue weighted by Crippen LogP contribution is 2.16. The Bertz CT molecular complexity index is 284. The molecule has 0 spiro atoms. The van der Waals surface area contributed by atoms with E-state index >= 15 is 0 Å². The summed E-state index contributed by atoms with van der Waals surface area (Å²) in [7, 11) is 3.27. The Morgan fingerprint density at radius 3 is 2.33 bits per heavy atom. The molecule has 0 aliphatic rings. The van der Waals surface area contributed by atoms with Crippen molar-refractivity contribution in [2.45, 2.75) is 77.8 Å². The molecule has 0 aliphatic carbocycles. The molecule has 1 N–H and O–H groups in total. The molecule has 4 nitrogen and oxygen atoms in total. The lowest BCUT2D eigenvalue weighted by Gasteiger charge is -2.29. The zero-order valence-corrected chi connectivity index (χ0v) is 15.0. The van der Waals surface area contributed by atoms with Gasteiger partial charge in [0.15, 0.2) is 0 Å². The SMILES string of the molecule is CCCCN(CCCCC(C)(NC)C(=O)OC)C(C)CC. The highest BCUT2D eigenvalue weighted by atomic mass is 16.5. The number of esters is 1. The summed E-state index contributed by atoms with van der Waals surface area (Å²) in [6.45, 7) is 11.0. The largest absolute Gasteiger partial charge is 0.468 e. The molecule has 0 aromatic rings. The van der Waals surface area contributed by atoms with E-state index in [1.165, 1.54) is 32.9 Å². The minimum Gasteiger partial charge on any atom is -0.468 e. The van der Waals surface area contributed by atoms with Gasteiger partial charge < -0.3 is 15.0 Å². The van der Waals surface area contributed by atoms with Gasteiger partial charge in [0.25, 0.3) is 0 Å². The van der Waals surface area contributed by atoms with Crippen molar-refractivity contribution in [1.82, 2.24) is 10.2 Å². The number of nitrogens with zero attached hydrogens (tertiary/aromatic N) is 1. The van der Waals surface area contributed by atoms with Crippen molar-refractivity contribution in [1.29, 1.82) is 0 Å². The van der Waals surface area contributed by atoms with E-state index in [-0.39, 0.29) is 5.97 Å². The Balaban J connectivity index is 4.21. The molecule has 4 heteroatoms. The van der Waals surface area contributed by atoms with Crippen molar-refractivity contribution in [3.63, 3.8) is 0 Å². The number of carbonyl (C=O) groups is 1. The minimum absolute atomic E-state index is 0.172. The summed E-state index contributed by atoms with van der Waals surface area (Å²) in [4.78, 5) is 14.4. The molecular weight excluding hydrogens is 264 g/mol. The third-order valence-corrected chi connectivity index (χ3v) is 4.57. The highest BCUT2D eigenvalue weighted by Gasteiger charge is 2.31. The van der Waals surface area contributed by atoms with Crippen LogP contribution in [0.15, 0.2) is 0 Å². The van der Waals surface area contributed by atoms with Gasteiger partial charge in [0.1, 0.15) is 5.54 Å². The quantitative estimate of drug-likeness (QED) is 0.444. The summed E-state index contributed by atoms with van der Waals surface area (Å²) >= 11 is 0. The fourth-order valence-electron chi connectivity index (χ4n) is 2.52. The van der Waals surface area contributed by atoms with Crippen LogP contribution in [0.5, 0.6) is 0 Å². The van der Waals surface area contributed by atoms with Crippen LogP contribution in [0.4, 0.5) is 0 Å². The maximum Gasteiger partial charge on any atom is 0.325 e. The lowest BCUT2D eigenvalue weighted by atomic mass is 9.95. The molecule has 2 atom stereocenters. The Kier molecular flexibility index (Phi) is 10.7. The fourth-order valence-corrected chi connectivity index (χ4v) is 2.52. The van der Waals surface area contributed by atoms with Crippen LogP contribution in [0.3, 0.4) is 0 Å². The van der Waals surface area contributed by atoms with Crippen molar-refractivity contribution in [3.05, 3.63) is 0 Å². The Hall–Kier alpha value is -0.610. The predicted molar refractivity (Wildman–Crippen MR) is 89.6 cm³/mol. The number of nitrogens with one attached hydrogen (secondary N) is 1. The molecule has 0 radical (unpaired) electrons. The van der Waals surface area contributed by atoms with E-state index < -0.39 is 5.54 Å². The smallest absolute Gasteiger partial charge is 0.325 e. The lowest BCUT2D eigenvalue weighted by molar-refractivity contribution is -0.148. The van der Waals surface area contributed by atoms with Gasteiger partial charge in [-0.3, -0.25) is 4.79 Å². The standard InChI is InChI=1S/C17H36N2O2/c1-7-9-13-19(15(3)8-2)14-11-10-12-17(4,18-5)16(20)21-6/h15,18H,7-14H2,1-6H3. The van der Waals surface area contributed by atoms with Gasteiger partial charge in [-0.25, -0.2) is 0 Å². The fraction of sp³-hybridized carbons (Fsp3) is 0.941. The number of rotatable bonds is 12. The zero-order chi connectivity index (χ0) is 16.3. The number of hydrogen-bond acceptors (Lipinski definition) is 4. The lowest BCUT2D eigenvalue weighted by Crippen LogP contribution is -2.48. The van der Waals surface area contributed by atoms with Gasteiger partial charge in [-0.2, -0.15) is 0 Å². The van der Waals surface area contributed by atoms with Gasteiger partial charge >= 0.3 is 5.97 Å². The second-order valence-electron chi connectivity index (χ2n) is 6.18. The van der Waals surface area contributed by atoms with Gasteiger partial charge in [0, 0.05) is 6.04 Å². The molecule has 2 unspecified atom stereocenters. The van der Waals surface area contributed by atoms with E-state index in [0.29, 0.717) is 6.04 Å². The molecule has 0 saturated heterocycles. The summed E-state index contributed by atoms with van der Waals surface area (Å²) in [5.41, 5.74) is -0.556. The maximum atomic E-state index is 11.8. The van der Waals surface area contributed by atoms with Crippen LogP contribution < -0.4 is 5.32 Å². The summed E-state index contributed by atoms with van der Waals surface area (Å²) in [6.07, 6.45) is 6.68. The van der Waals surface area contributed by atoms with Gasteiger partial charge in [-0.1, -0.05) is 20.3 Å². The van der Waals surface area contributed by atoms with E-state index in [0.717, 1.165) is 25.8 Å². The molecule has 0 rings (SSSR count). The summed E-state index contributed by atoms with van der Waals surface area (Å²) in [5.74, 6) is -0.172. The first kappa shape index (κ1) is 20.4. The van der Waals surface area contributed by atoms with Gasteiger partial charge in [-0.05, 0) is 66.1 Å². The molecule has 0 aromatic carbocycles. The summed E-state index contributed by atoms with van der Waals surface area (Å²) in [5, 5.41) is 3.10. The van der Waals surface area contributed by atoms with Crippen LogP contribution in [-0.2, 0) is 9.53 Å². The third-order valence-electron chi connectivity index (χ3n) is 4.57. The monoisotopic (exact) mass is 300 g/mol. The van der Waals surface area contributed by atoms with Gasteiger partial charge in [-0.15, -0.1) is 0 Å². The molecule has 0 aromatic heterocycles. The average molecular weight is 300 g/mol. The molecule has 126 valence electrons. The molecule has 0 fully saturated rings. The zero-order valence-electron chi connectivity index (χ0n) is 15.0. The topological polar surface area (TPSA) is 41.6 Å². The number of ether oxygens (including phenoxy) is 1.